The first kappa shape index (κ1) is 11.0. The van der Waals surface area contributed by atoms with Gasteiger partial charge in [0.15, 0.2) is 0 Å². The first-order valence-electron chi connectivity index (χ1n) is 5.81. The zero-order chi connectivity index (χ0) is 11.7. The van der Waals surface area contributed by atoms with E-state index in [1.54, 1.807) is 0 Å². The fourth-order valence-electron chi connectivity index (χ4n) is 2.28. The van der Waals surface area contributed by atoms with Gasteiger partial charge < -0.3 is 9.64 Å². The maximum Gasteiger partial charge on any atom is 0.410 e. The fourth-order valence-corrected chi connectivity index (χ4v) is 3.42. The van der Waals surface area contributed by atoms with Crippen LogP contribution in [0.5, 0.6) is 0 Å². The van der Waals surface area contributed by atoms with Crippen molar-refractivity contribution in [3.63, 3.8) is 0 Å². The number of hydrogen-bond donors (Lipinski definition) is 0. The second-order valence-electron chi connectivity index (χ2n) is 4.89. The normalized spacial score (nSPS) is 20.6. The Kier molecular flexibility index (Phi) is 2.74. The van der Waals surface area contributed by atoms with Gasteiger partial charge in [-0.3, -0.25) is 0 Å². The van der Waals surface area contributed by atoms with E-state index in [4.69, 9.17) is 4.74 Å². The fraction of sp³-hybridized carbons (Fsp3) is 0.462. The van der Waals surface area contributed by atoms with E-state index in [9.17, 15) is 4.79 Å². The number of likely N-dealkylation sites (tertiary alicyclic amines) is 1. The number of carbonyl (C=O) groups is 1. The Morgan fingerprint density at radius 3 is 2.59 bits per heavy atom. The van der Waals surface area contributed by atoms with Crippen LogP contribution in [0.25, 0.3) is 0 Å². The molecule has 1 amide bonds. The summed E-state index contributed by atoms with van der Waals surface area (Å²) in [5, 5.41) is 0. The summed E-state index contributed by atoms with van der Waals surface area (Å²) in [6.45, 7) is 2.14. The van der Waals surface area contributed by atoms with Crippen LogP contribution in [0.15, 0.2) is 30.3 Å². The van der Waals surface area contributed by atoms with Gasteiger partial charge in [-0.15, -0.1) is 0 Å². The molecular formula is C13H15NO2S. The number of thioether (sulfide) groups is 1. The lowest BCUT2D eigenvalue weighted by molar-refractivity contribution is 0.0134. The average Bonchev–Trinajstić information content (AvgIpc) is 2.24. The molecular weight excluding hydrogens is 234 g/mol. The molecule has 0 radical (unpaired) electrons. The molecule has 2 heterocycles. The zero-order valence-electron chi connectivity index (χ0n) is 9.59. The Morgan fingerprint density at radius 2 is 2.00 bits per heavy atom. The van der Waals surface area contributed by atoms with Gasteiger partial charge in [0.1, 0.15) is 6.61 Å². The van der Waals surface area contributed by atoms with Crippen LogP contribution in [-0.2, 0) is 11.3 Å². The zero-order valence-corrected chi connectivity index (χ0v) is 10.4. The van der Waals surface area contributed by atoms with E-state index >= 15 is 0 Å². The number of carbonyl (C=O) groups excluding carboxylic acids is 1. The molecule has 0 atom stereocenters. The molecule has 2 saturated heterocycles. The van der Waals surface area contributed by atoms with Crippen LogP contribution in [0.4, 0.5) is 4.79 Å². The van der Waals surface area contributed by atoms with Crippen molar-refractivity contribution in [1.29, 1.82) is 0 Å². The highest BCUT2D eigenvalue weighted by Crippen LogP contribution is 2.45. The Bertz CT molecular complexity index is 409. The van der Waals surface area contributed by atoms with Crippen LogP contribution in [0, 0.1) is 5.41 Å². The molecule has 1 aromatic carbocycles. The Hall–Kier alpha value is -1.16. The quantitative estimate of drug-likeness (QED) is 0.806. The molecule has 0 N–H and O–H groups in total. The largest absolute Gasteiger partial charge is 0.445 e. The maximum atomic E-state index is 11.7. The smallest absolute Gasteiger partial charge is 0.410 e. The molecule has 2 aliphatic rings. The summed E-state index contributed by atoms with van der Waals surface area (Å²) < 4.78 is 5.27. The molecule has 90 valence electrons. The standard InChI is InChI=1S/C13H15NO2S/c15-12(14-7-13(8-14)9-17-10-13)16-6-11-4-2-1-3-5-11/h1-5H,6-10H2. The minimum absolute atomic E-state index is 0.170. The Balaban J connectivity index is 1.45. The summed E-state index contributed by atoms with van der Waals surface area (Å²) in [6, 6.07) is 9.79. The minimum Gasteiger partial charge on any atom is -0.445 e. The third-order valence-corrected chi connectivity index (χ3v) is 4.97. The average molecular weight is 249 g/mol. The summed E-state index contributed by atoms with van der Waals surface area (Å²) in [5.41, 5.74) is 1.48. The molecule has 2 aliphatic heterocycles. The lowest BCUT2D eigenvalue weighted by Crippen LogP contribution is -2.64. The molecule has 3 nitrogen and oxygen atoms in total. The van der Waals surface area contributed by atoms with Gasteiger partial charge in [0, 0.05) is 30.0 Å². The number of ether oxygens (including phenoxy) is 1. The number of rotatable bonds is 2. The predicted molar refractivity (Wildman–Crippen MR) is 68.0 cm³/mol. The number of hydrogen-bond acceptors (Lipinski definition) is 3. The summed E-state index contributed by atoms with van der Waals surface area (Å²) in [6.07, 6.45) is -0.170. The van der Waals surface area contributed by atoms with Gasteiger partial charge in [-0.2, -0.15) is 11.8 Å². The predicted octanol–water partition coefficient (Wildman–Crippen LogP) is 2.37. The molecule has 0 aliphatic carbocycles. The van der Waals surface area contributed by atoms with Crippen molar-refractivity contribution in [3.8, 4) is 0 Å². The molecule has 4 heteroatoms. The van der Waals surface area contributed by atoms with Crippen LogP contribution in [0.2, 0.25) is 0 Å². The third kappa shape index (κ3) is 2.14. The summed E-state index contributed by atoms with van der Waals surface area (Å²) >= 11 is 1.97. The molecule has 2 fully saturated rings. The molecule has 0 aromatic heterocycles. The van der Waals surface area contributed by atoms with Crippen molar-refractivity contribution in [2.24, 2.45) is 5.41 Å². The first-order chi connectivity index (χ1) is 8.27. The van der Waals surface area contributed by atoms with Gasteiger partial charge in [0.05, 0.1) is 0 Å². The summed E-state index contributed by atoms with van der Waals surface area (Å²) in [5.74, 6) is 2.41. The van der Waals surface area contributed by atoms with Crippen LogP contribution in [0.3, 0.4) is 0 Å². The monoisotopic (exact) mass is 249 g/mol. The number of nitrogens with zero attached hydrogens (tertiary/aromatic N) is 1. The van der Waals surface area contributed by atoms with E-state index in [2.05, 4.69) is 0 Å². The Morgan fingerprint density at radius 1 is 1.29 bits per heavy atom. The van der Waals surface area contributed by atoms with Crippen molar-refractivity contribution in [1.82, 2.24) is 4.90 Å². The molecule has 0 bridgehead atoms. The van der Waals surface area contributed by atoms with Gasteiger partial charge in [-0.1, -0.05) is 30.3 Å². The highest BCUT2D eigenvalue weighted by atomic mass is 32.2. The topological polar surface area (TPSA) is 29.5 Å². The van der Waals surface area contributed by atoms with Crippen LogP contribution in [-0.4, -0.2) is 35.6 Å². The number of amides is 1. The van der Waals surface area contributed by atoms with Crippen LogP contribution >= 0.6 is 11.8 Å². The lowest BCUT2D eigenvalue weighted by Gasteiger charge is -2.54. The van der Waals surface area contributed by atoms with Crippen LogP contribution < -0.4 is 0 Å². The van der Waals surface area contributed by atoms with Gasteiger partial charge >= 0.3 is 6.09 Å². The minimum atomic E-state index is -0.170. The maximum absolute atomic E-state index is 11.7. The van der Waals surface area contributed by atoms with Crippen LogP contribution in [0.1, 0.15) is 5.56 Å². The van der Waals surface area contributed by atoms with E-state index in [-0.39, 0.29) is 6.09 Å². The van der Waals surface area contributed by atoms with Gasteiger partial charge in [0.25, 0.3) is 0 Å². The van der Waals surface area contributed by atoms with Crippen molar-refractivity contribution >= 4 is 17.9 Å². The second-order valence-corrected chi connectivity index (χ2v) is 5.87. The van der Waals surface area contributed by atoms with Gasteiger partial charge in [0.2, 0.25) is 0 Å². The second kappa shape index (κ2) is 4.26. The Labute approximate surface area is 105 Å². The first-order valence-corrected chi connectivity index (χ1v) is 6.96. The molecule has 1 aromatic rings. The molecule has 0 saturated carbocycles. The lowest BCUT2D eigenvalue weighted by atomic mass is 9.83. The molecule has 1 spiro atoms. The van der Waals surface area contributed by atoms with E-state index in [1.807, 2.05) is 47.0 Å². The molecule has 17 heavy (non-hydrogen) atoms. The van der Waals surface area contributed by atoms with Gasteiger partial charge in [-0.25, -0.2) is 4.79 Å². The number of benzene rings is 1. The summed E-state index contributed by atoms with van der Waals surface area (Å²) in [7, 11) is 0. The van der Waals surface area contributed by atoms with E-state index in [0.29, 0.717) is 12.0 Å². The van der Waals surface area contributed by atoms with Crippen molar-refractivity contribution in [2.45, 2.75) is 6.61 Å². The SMILES string of the molecule is O=C(OCc1ccccc1)N1CC2(CSC2)C1. The highest BCUT2D eigenvalue weighted by Gasteiger charge is 2.50. The van der Waals surface area contributed by atoms with E-state index in [0.717, 1.165) is 18.7 Å². The van der Waals surface area contributed by atoms with Crippen molar-refractivity contribution in [3.05, 3.63) is 35.9 Å². The van der Waals surface area contributed by atoms with Crippen molar-refractivity contribution < 1.29 is 9.53 Å². The summed E-state index contributed by atoms with van der Waals surface area (Å²) in [4.78, 5) is 13.5. The third-order valence-electron chi connectivity index (χ3n) is 3.33. The van der Waals surface area contributed by atoms with Gasteiger partial charge in [-0.05, 0) is 5.56 Å². The van der Waals surface area contributed by atoms with Crippen molar-refractivity contribution in [2.75, 3.05) is 24.6 Å². The molecule has 0 unspecified atom stereocenters. The highest BCUT2D eigenvalue weighted by molar-refractivity contribution is 8.00. The molecule has 3 rings (SSSR count). The van der Waals surface area contributed by atoms with E-state index < -0.39 is 0 Å². The van der Waals surface area contributed by atoms with E-state index in [1.165, 1.54) is 11.5 Å².